The zero-order chi connectivity index (χ0) is 14.5. The molecule has 0 aliphatic carbocycles. The molecule has 0 saturated carbocycles. The Balaban J connectivity index is 2.15. The third-order valence-electron chi connectivity index (χ3n) is 3.27. The van der Waals surface area contributed by atoms with Gasteiger partial charge < -0.3 is 10.1 Å². The fourth-order valence-electron chi connectivity index (χ4n) is 2.30. The molecule has 1 N–H and O–H groups in total. The van der Waals surface area contributed by atoms with E-state index in [1.54, 1.807) is 18.4 Å². The highest BCUT2D eigenvalue weighted by Gasteiger charge is 2.13. The molecule has 0 spiro atoms. The lowest BCUT2D eigenvalue weighted by Crippen LogP contribution is -2.17. The average Bonchev–Trinajstić information content (AvgIpc) is 2.80. The van der Waals surface area contributed by atoms with E-state index in [9.17, 15) is 0 Å². The van der Waals surface area contributed by atoms with Crippen LogP contribution in [0.3, 0.4) is 0 Å². The predicted octanol–water partition coefficient (Wildman–Crippen LogP) is 3.72. The number of aryl methyl sites for hydroxylation is 1. The lowest BCUT2D eigenvalue weighted by molar-refractivity contribution is 0.414. The minimum Gasteiger partial charge on any atom is -0.497 e. The summed E-state index contributed by atoms with van der Waals surface area (Å²) >= 11 is 1.80. The van der Waals surface area contributed by atoms with Gasteiger partial charge in [0.15, 0.2) is 0 Å². The van der Waals surface area contributed by atoms with Crippen molar-refractivity contribution >= 4 is 11.3 Å². The first-order valence-electron chi connectivity index (χ1n) is 6.96. The second kappa shape index (κ2) is 6.86. The molecule has 1 atom stereocenters. The highest BCUT2D eigenvalue weighted by atomic mass is 32.1. The number of methoxy groups -OCH3 is 1. The van der Waals surface area contributed by atoms with Crippen LogP contribution in [0.4, 0.5) is 0 Å². The van der Waals surface area contributed by atoms with Gasteiger partial charge in [-0.2, -0.15) is 0 Å². The third kappa shape index (κ3) is 3.58. The van der Waals surface area contributed by atoms with Crippen molar-refractivity contribution in [3.8, 4) is 5.75 Å². The fraction of sp³-hybridized carbons (Fsp3) is 0.438. The molecule has 2 aromatic rings. The van der Waals surface area contributed by atoms with Gasteiger partial charge in [0.2, 0.25) is 0 Å². The van der Waals surface area contributed by atoms with Gasteiger partial charge in [-0.3, -0.25) is 0 Å². The van der Waals surface area contributed by atoms with Crippen LogP contribution in [-0.4, -0.2) is 18.6 Å². The van der Waals surface area contributed by atoms with Crippen LogP contribution in [-0.2, 0) is 6.42 Å². The predicted molar refractivity (Wildman–Crippen MR) is 84.7 cm³/mol. The maximum atomic E-state index is 5.26. The van der Waals surface area contributed by atoms with Crippen molar-refractivity contribution < 1.29 is 4.74 Å². The zero-order valence-electron chi connectivity index (χ0n) is 12.6. The Labute approximate surface area is 125 Å². The Morgan fingerprint density at radius 1 is 1.40 bits per heavy atom. The van der Waals surface area contributed by atoms with E-state index in [4.69, 9.17) is 9.72 Å². The van der Waals surface area contributed by atoms with Gasteiger partial charge in [0.05, 0.1) is 17.8 Å². The first-order valence-corrected chi connectivity index (χ1v) is 7.78. The molecule has 1 unspecified atom stereocenters. The molecule has 0 aliphatic rings. The summed E-state index contributed by atoms with van der Waals surface area (Å²) in [7, 11) is 1.70. The summed E-state index contributed by atoms with van der Waals surface area (Å²) in [5.74, 6) is 0.900. The minimum atomic E-state index is 0.372. The molecular formula is C16H22N2OS. The van der Waals surface area contributed by atoms with Gasteiger partial charge in [-0.1, -0.05) is 19.1 Å². The average molecular weight is 290 g/mol. The Morgan fingerprint density at radius 3 is 2.90 bits per heavy atom. The van der Waals surface area contributed by atoms with Gasteiger partial charge in [-0.15, -0.1) is 11.3 Å². The fourth-order valence-corrected chi connectivity index (χ4v) is 3.43. The molecule has 0 saturated heterocycles. The molecule has 0 aliphatic heterocycles. The highest BCUT2D eigenvalue weighted by molar-refractivity contribution is 7.11. The summed E-state index contributed by atoms with van der Waals surface area (Å²) in [5.41, 5.74) is 2.38. The van der Waals surface area contributed by atoms with E-state index in [2.05, 4.69) is 38.2 Å². The van der Waals surface area contributed by atoms with E-state index in [0.717, 1.165) is 29.4 Å². The molecule has 4 heteroatoms. The van der Waals surface area contributed by atoms with E-state index in [1.807, 2.05) is 12.1 Å². The zero-order valence-corrected chi connectivity index (χ0v) is 13.4. The van der Waals surface area contributed by atoms with Crippen LogP contribution in [0.5, 0.6) is 5.75 Å². The van der Waals surface area contributed by atoms with Crippen molar-refractivity contribution in [3.05, 3.63) is 45.4 Å². The molecule has 2 rings (SSSR count). The van der Waals surface area contributed by atoms with Crippen LogP contribution >= 0.6 is 11.3 Å². The van der Waals surface area contributed by atoms with Crippen LogP contribution in [0.1, 0.15) is 41.0 Å². The lowest BCUT2D eigenvalue weighted by atomic mass is 10.1. The standard InChI is InChI=1S/C16H22N2OS/c1-5-17-11(2)16-12(3)18-15(20-16)10-13-7-6-8-14(9-13)19-4/h6-9,11,17H,5,10H2,1-4H3. The van der Waals surface area contributed by atoms with Crippen molar-refractivity contribution in [2.45, 2.75) is 33.2 Å². The molecule has 1 aromatic heterocycles. The number of benzene rings is 1. The Morgan fingerprint density at radius 2 is 2.20 bits per heavy atom. The van der Waals surface area contributed by atoms with Gasteiger partial charge in [0, 0.05) is 17.3 Å². The molecule has 108 valence electrons. The number of nitrogens with one attached hydrogen (secondary N) is 1. The summed E-state index contributed by atoms with van der Waals surface area (Å²) in [4.78, 5) is 6.04. The second-order valence-electron chi connectivity index (χ2n) is 4.86. The van der Waals surface area contributed by atoms with E-state index < -0.39 is 0 Å². The van der Waals surface area contributed by atoms with Crippen molar-refractivity contribution in [2.24, 2.45) is 0 Å². The molecule has 1 heterocycles. The maximum absolute atomic E-state index is 5.26. The quantitative estimate of drug-likeness (QED) is 0.880. The van der Waals surface area contributed by atoms with Crippen molar-refractivity contribution in [3.63, 3.8) is 0 Å². The normalized spacial score (nSPS) is 12.4. The number of ether oxygens (including phenoxy) is 1. The van der Waals surface area contributed by atoms with Gasteiger partial charge >= 0.3 is 0 Å². The van der Waals surface area contributed by atoms with E-state index in [0.29, 0.717) is 6.04 Å². The maximum Gasteiger partial charge on any atom is 0.119 e. The summed E-state index contributed by atoms with van der Waals surface area (Å²) < 4.78 is 5.26. The largest absolute Gasteiger partial charge is 0.497 e. The summed E-state index contributed by atoms with van der Waals surface area (Å²) in [6.45, 7) is 7.39. The number of thiazole rings is 1. The first kappa shape index (κ1) is 15.0. The van der Waals surface area contributed by atoms with Gasteiger partial charge in [-0.05, 0) is 38.1 Å². The monoisotopic (exact) mass is 290 g/mol. The molecule has 1 aromatic carbocycles. The van der Waals surface area contributed by atoms with Crippen LogP contribution in [0.2, 0.25) is 0 Å². The minimum absolute atomic E-state index is 0.372. The molecule has 3 nitrogen and oxygen atoms in total. The molecule has 0 fully saturated rings. The third-order valence-corrected chi connectivity index (χ3v) is 4.61. The lowest BCUT2D eigenvalue weighted by Gasteiger charge is -2.09. The molecule has 20 heavy (non-hydrogen) atoms. The van der Waals surface area contributed by atoms with Crippen LogP contribution in [0.25, 0.3) is 0 Å². The van der Waals surface area contributed by atoms with Gasteiger partial charge in [0.1, 0.15) is 5.75 Å². The first-order chi connectivity index (χ1) is 9.63. The van der Waals surface area contributed by atoms with E-state index in [1.165, 1.54) is 10.4 Å². The molecule has 0 bridgehead atoms. The molecule has 0 amide bonds. The number of aromatic nitrogens is 1. The van der Waals surface area contributed by atoms with Crippen LogP contribution in [0, 0.1) is 6.92 Å². The molecular weight excluding hydrogens is 268 g/mol. The van der Waals surface area contributed by atoms with Crippen molar-refractivity contribution in [1.29, 1.82) is 0 Å². The number of hydrogen-bond donors (Lipinski definition) is 1. The SMILES string of the molecule is CCNC(C)c1sc(Cc2cccc(OC)c2)nc1C. The smallest absolute Gasteiger partial charge is 0.119 e. The van der Waals surface area contributed by atoms with E-state index in [-0.39, 0.29) is 0 Å². The van der Waals surface area contributed by atoms with Gasteiger partial charge in [-0.25, -0.2) is 4.98 Å². The van der Waals surface area contributed by atoms with E-state index >= 15 is 0 Å². The highest BCUT2D eigenvalue weighted by Crippen LogP contribution is 2.27. The van der Waals surface area contributed by atoms with Crippen molar-refractivity contribution in [1.82, 2.24) is 10.3 Å². The summed E-state index contributed by atoms with van der Waals surface area (Å²) in [6, 6.07) is 8.56. The van der Waals surface area contributed by atoms with Crippen LogP contribution < -0.4 is 10.1 Å². The number of nitrogens with zero attached hydrogens (tertiary/aromatic N) is 1. The summed E-state index contributed by atoms with van der Waals surface area (Å²) in [6.07, 6.45) is 0.863. The Bertz CT molecular complexity index is 565. The van der Waals surface area contributed by atoms with Crippen molar-refractivity contribution in [2.75, 3.05) is 13.7 Å². The van der Waals surface area contributed by atoms with Gasteiger partial charge in [0.25, 0.3) is 0 Å². The topological polar surface area (TPSA) is 34.1 Å². The number of hydrogen-bond acceptors (Lipinski definition) is 4. The Hall–Kier alpha value is -1.39. The summed E-state index contributed by atoms with van der Waals surface area (Å²) in [5, 5.41) is 4.61. The molecule has 0 radical (unpaired) electrons. The second-order valence-corrected chi connectivity index (χ2v) is 5.98. The Kier molecular flexibility index (Phi) is 5.15. The van der Waals surface area contributed by atoms with Crippen LogP contribution in [0.15, 0.2) is 24.3 Å². The number of rotatable bonds is 6.